The van der Waals surface area contributed by atoms with Crippen molar-refractivity contribution in [1.82, 2.24) is 0 Å². The zero-order chi connectivity index (χ0) is 8.55. The summed E-state index contributed by atoms with van der Waals surface area (Å²) in [5, 5.41) is 0.912. The van der Waals surface area contributed by atoms with Crippen LogP contribution in [0.1, 0.15) is 5.56 Å². The molecule has 0 atom stereocenters. The maximum absolute atomic E-state index is 10.7. The van der Waals surface area contributed by atoms with Crippen molar-refractivity contribution in [3.05, 3.63) is 46.3 Å². The molecule has 2 rings (SSSR count). The number of aryl methyl sites for hydroxylation is 1. The summed E-state index contributed by atoms with van der Waals surface area (Å²) in [7, 11) is 0. The molecule has 59 valence electrons. The van der Waals surface area contributed by atoms with Gasteiger partial charge in [-0.2, -0.15) is 0 Å². The highest BCUT2D eigenvalue weighted by Crippen LogP contribution is 2.12. The van der Waals surface area contributed by atoms with E-state index in [1.807, 2.05) is 19.1 Å². The van der Waals surface area contributed by atoms with Gasteiger partial charge in [0, 0.05) is 5.39 Å². The smallest absolute Gasteiger partial charge is 0.344 e. The highest BCUT2D eigenvalue weighted by atomic mass is 16.4. The molecular formula is C10H7O2. The summed E-state index contributed by atoms with van der Waals surface area (Å²) in [6.07, 6.45) is 0. The van der Waals surface area contributed by atoms with Crippen molar-refractivity contribution in [3.8, 4) is 0 Å². The highest BCUT2D eigenvalue weighted by molar-refractivity contribution is 5.76. The maximum atomic E-state index is 10.7. The summed E-state index contributed by atoms with van der Waals surface area (Å²) < 4.78 is 4.91. The second kappa shape index (κ2) is 2.48. The van der Waals surface area contributed by atoms with Gasteiger partial charge in [0.1, 0.15) is 5.58 Å². The summed E-state index contributed by atoms with van der Waals surface area (Å²) in [4.78, 5) is 10.7. The normalized spacial score (nSPS) is 10.4. The third-order valence-electron chi connectivity index (χ3n) is 1.71. The average molecular weight is 159 g/mol. The first-order valence-corrected chi connectivity index (χ1v) is 3.68. The molecule has 0 aliphatic rings. The molecule has 0 saturated heterocycles. The zero-order valence-electron chi connectivity index (χ0n) is 6.63. The second-order valence-electron chi connectivity index (χ2n) is 2.72. The van der Waals surface area contributed by atoms with E-state index in [-0.39, 0.29) is 0 Å². The molecule has 0 saturated carbocycles. The Kier molecular flexibility index (Phi) is 1.47. The number of fused-ring (bicyclic) bond motifs is 1. The van der Waals surface area contributed by atoms with Crippen LogP contribution in [0.25, 0.3) is 11.0 Å². The number of hydrogen-bond donors (Lipinski definition) is 0. The minimum Gasteiger partial charge on any atom is -0.422 e. The maximum Gasteiger partial charge on any atom is 0.344 e. The van der Waals surface area contributed by atoms with E-state index in [2.05, 4.69) is 6.07 Å². The van der Waals surface area contributed by atoms with Gasteiger partial charge in [-0.25, -0.2) is 4.79 Å². The van der Waals surface area contributed by atoms with Gasteiger partial charge in [-0.05, 0) is 25.1 Å². The molecule has 0 aliphatic carbocycles. The minimum atomic E-state index is -0.425. The molecule has 0 unspecified atom stereocenters. The molecule has 0 fully saturated rings. The van der Waals surface area contributed by atoms with Gasteiger partial charge in [0.25, 0.3) is 0 Å². The molecule has 1 heterocycles. The number of hydrogen-bond acceptors (Lipinski definition) is 2. The quantitative estimate of drug-likeness (QED) is 0.549. The van der Waals surface area contributed by atoms with Crippen LogP contribution in [0.15, 0.2) is 33.5 Å². The Bertz CT molecular complexity index is 468. The lowest BCUT2D eigenvalue weighted by Gasteiger charge is -1.95. The van der Waals surface area contributed by atoms with Gasteiger partial charge in [-0.15, -0.1) is 0 Å². The van der Waals surface area contributed by atoms with Crippen molar-refractivity contribution in [3.63, 3.8) is 0 Å². The Labute approximate surface area is 69.4 Å². The van der Waals surface area contributed by atoms with E-state index in [9.17, 15) is 4.79 Å². The van der Waals surface area contributed by atoms with E-state index < -0.39 is 5.63 Å². The van der Waals surface area contributed by atoms with Crippen molar-refractivity contribution < 1.29 is 4.42 Å². The van der Waals surface area contributed by atoms with Crippen LogP contribution in [0.3, 0.4) is 0 Å². The van der Waals surface area contributed by atoms with Gasteiger partial charge >= 0.3 is 5.63 Å². The lowest BCUT2D eigenvalue weighted by atomic mass is 10.2. The van der Waals surface area contributed by atoms with Crippen LogP contribution in [0, 0.1) is 13.0 Å². The molecule has 12 heavy (non-hydrogen) atoms. The van der Waals surface area contributed by atoms with Crippen molar-refractivity contribution in [2.24, 2.45) is 0 Å². The molecule has 1 aromatic heterocycles. The molecule has 0 N–H and O–H groups in total. The largest absolute Gasteiger partial charge is 0.422 e. The van der Waals surface area contributed by atoms with Gasteiger partial charge in [0.15, 0.2) is 0 Å². The third kappa shape index (κ3) is 1.11. The summed E-state index contributed by atoms with van der Waals surface area (Å²) in [5.41, 5.74) is 1.33. The van der Waals surface area contributed by atoms with Gasteiger partial charge in [0.2, 0.25) is 0 Å². The van der Waals surface area contributed by atoms with Crippen molar-refractivity contribution in [2.75, 3.05) is 0 Å². The van der Waals surface area contributed by atoms with Crippen LogP contribution in [-0.4, -0.2) is 0 Å². The fraction of sp³-hybridized carbons (Fsp3) is 0.100. The van der Waals surface area contributed by atoms with Crippen molar-refractivity contribution >= 4 is 11.0 Å². The van der Waals surface area contributed by atoms with E-state index in [1.54, 1.807) is 12.1 Å². The molecule has 2 heteroatoms. The molecule has 0 bridgehead atoms. The third-order valence-corrected chi connectivity index (χ3v) is 1.71. The summed E-state index contributed by atoms with van der Waals surface area (Å²) in [6, 6.07) is 9.78. The lowest BCUT2D eigenvalue weighted by molar-refractivity contribution is 0.559. The molecular weight excluding hydrogens is 152 g/mol. The number of benzene rings is 1. The molecule has 2 nitrogen and oxygen atoms in total. The topological polar surface area (TPSA) is 30.2 Å². The average Bonchev–Trinajstić information content (AvgIpc) is 2.05. The van der Waals surface area contributed by atoms with Crippen molar-refractivity contribution in [2.45, 2.75) is 6.92 Å². The Morgan fingerprint density at radius 2 is 2.25 bits per heavy atom. The summed E-state index contributed by atoms with van der Waals surface area (Å²) in [6.45, 7) is 1.99. The summed E-state index contributed by atoms with van der Waals surface area (Å²) >= 11 is 0. The Balaban J connectivity index is 2.87. The van der Waals surface area contributed by atoms with Crippen LogP contribution in [-0.2, 0) is 0 Å². The monoisotopic (exact) mass is 159 g/mol. The van der Waals surface area contributed by atoms with Crippen LogP contribution in [0.4, 0.5) is 0 Å². The molecule has 2 aromatic rings. The fourth-order valence-electron chi connectivity index (χ4n) is 1.14. The van der Waals surface area contributed by atoms with Gasteiger partial charge in [0.05, 0.1) is 6.07 Å². The van der Waals surface area contributed by atoms with Gasteiger partial charge in [-0.3, -0.25) is 0 Å². The van der Waals surface area contributed by atoms with Crippen LogP contribution >= 0.6 is 0 Å². The standard InChI is InChI=1S/C10H7O2/c1-7-2-4-9-8(6-7)3-5-10(11)12-9/h2-4,6H,1H3. The van der Waals surface area contributed by atoms with E-state index in [0.29, 0.717) is 5.58 Å². The Morgan fingerprint density at radius 1 is 1.42 bits per heavy atom. The predicted octanol–water partition coefficient (Wildman–Crippen LogP) is 1.90. The lowest BCUT2D eigenvalue weighted by Crippen LogP contribution is -1.94. The molecule has 1 radical (unpaired) electrons. The first-order chi connectivity index (χ1) is 5.75. The zero-order valence-corrected chi connectivity index (χ0v) is 6.63. The SMILES string of the molecule is Cc1ccc2oc(=O)[c]cc2c1. The fourth-order valence-corrected chi connectivity index (χ4v) is 1.14. The van der Waals surface area contributed by atoms with Gasteiger partial charge < -0.3 is 4.42 Å². The van der Waals surface area contributed by atoms with E-state index in [1.165, 1.54) is 0 Å². The first kappa shape index (κ1) is 7.10. The molecule has 0 spiro atoms. The van der Waals surface area contributed by atoms with Crippen LogP contribution < -0.4 is 5.63 Å². The van der Waals surface area contributed by atoms with E-state index in [4.69, 9.17) is 4.42 Å². The first-order valence-electron chi connectivity index (χ1n) is 3.68. The van der Waals surface area contributed by atoms with E-state index >= 15 is 0 Å². The predicted molar refractivity (Wildman–Crippen MR) is 46.1 cm³/mol. The van der Waals surface area contributed by atoms with Crippen LogP contribution in [0.5, 0.6) is 0 Å². The van der Waals surface area contributed by atoms with E-state index in [0.717, 1.165) is 10.9 Å². The molecule has 0 amide bonds. The Hall–Kier alpha value is -1.57. The molecule has 0 aliphatic heterocycles. The van der Waals surface area contributed by atoms with Crippen LogP contribution in [0.2, 0.25) is 0 Å². The second-order valence-corrected chi connectivity index (χ2v) is 2.72. The van der Waals surface area contributed by atoms with Crippen molar-refractivity contribution in [1.29, 1.82) is 0 Å². The summed E-state index contributed by atoms with van der Waals surface area (Å²) in [5.74, 6) is 0. The van der Waals surface area contributed by atoms with Gasteiger partial charge in [-0.1, -0.05) is 11.6 Å². The minimum absolute atomic E-state index is 0.425. The number of rotatable bonds is 0. The molecule has 1 aromatic carbocycles. The Morgan fingerprint density at radius 3 is 3.08 bits per heavy atom. The highest BCUT2D eigenvalue weighted by Gasteiger charge is 1.95.